The zero-order chi connectivity index (χ0) is 12.8. The van der Waals surface area contributed by atoms with Gasteiger partial charge >= 0.3 is 0 Å². The van der Waals surface area contributed by atoms with Gasteiger partial charge in [-0.2, -0.15) is 0 Å². The standard InChI is InChI=1S/C16H31NO/c1-13-8-9-16(14(2)12-13)17-10-11-18-15-6-4-3-5-7-15/h13-17H,3-12H2,1-2H3. The molecule has 18 heavy (non-hydrogen) atoms. The summed E-state index contributed by atoms with van der Waals surface area (Å²) in [7, 11) is 0. The van der Waals surface area contributed by atoms with E-state index in [0.29, 0.717) is 6.10 Å². The summed E-state index contributed by atoms with van der Waals surface area (Å²) in [4.78, 5) is 0. The van der Waals surface area contributed by atoms with Gasteiger partial charge in [0, 0.05) is 12.6 Å². The van der Waals surface area contributed by atoms with Gasteiger partial charge in [-0.1, -0.05) is 33.1 Å². The van der Waals surface area contributed by atoms with E-state index in [1.54, 1.807) is 0 Å². The highest BCUT2D eigenvalue weighted by atomic mass is 16.5. The monoisotopic (exact) mass is 253 g/mol. The number of ether oxygens (including phenoxy) is 1. The van der Waals surface area contributed by atoms with E-state index in [1.807, 2.05) is 0 Å². The summed E-state index contributed by atoms with van der Waals surface area (Å²) in [6, 6.07) is 0.733. The molecule has 2 heteroatoms. The minimum Gasteiger partial charge on any atom is -0.377 e. The Kier molecular flexibility index (Phi) is 5.97. The second kappa shape index (κ2) is 7.49. The molecule has 0 amide bonds. The van der Waals surface area contributed by atoms with E-state index in [1.165, 1.54) is 51.4 Å². The molecule has 0 spiro atoms. The lowest BCUT2D eigenvalue weighted by Gasteiger charge is -2.33. The predicted molar refractivity (Wildman–Crippen MR) is 76.8 cm³/mol. The fourth-order valence-electron chi connectivity index (χ4n) is 3.67. The first-order valence-electron chi connectivity index (χ1n) is 8.10. The molecule has 0 aromatic carbocycles. The minimum atomic E-state index is 0.560. The highest BCUT2D eigenvalue weighted by Crippen LogP contribution is 2.28. The fourth-order valence-corrected chi connectivity index (χ4v) is 3.67. The predicted octanol–water partition coefficient (Wildman–Crippen LogP) is 3.75. The van der Waals surface area contributed by atoms with Gasteiger partial charge in [0.25, 0.3) is 0 Å². The summed E-state index contributed by atoms with van der Waals surface area (Å²) < 4.78 is 5.97. The quantitative estimate of drug-likeness (QED) is 0.753. The average molecular weight is 253 g/mol. The van der Waals surface area contributed by atoms with Crippen molar-refractivity contribution < 1.29 is 4.74 Å². The summed E-state index contributed by atoms with van der Waals surface area (Å²) in [5.41, 5.74) is 0. The van der Waals surface area contributed by atoms with E-state index >= 15 is 0 Å². The Hall–Kier alpha value is -0.0800. The highest BCUT2D eigenvalue weighted by molar-refractivity contribution is 4.80. The first kappa shape index (κ1) is 14.3. The summed E-state index contributed by atoms with van der Waals surface area (Å²) in [6.07, 6.45) is 11.4. The molecule has 3 atom stereocenters. The summed E-state index contributed by atoms with van der Waals surface area (Å²) in [6.45, 7) is 6.73. The Morgan fingerprint density at radius 3 is 2.50 bits per heavy atom. The van der Waals surface area contributed by atoms with Crippen LogP contribution in [0.25, 0.3) is 0 Å². The number of rotatable bonds is 5. The van der Waals surface area contributed by atoms with Crippen molar-refractivity contribution in [2.45, 2.75) is 77.4 Å². The van der Waals surface area contributed by atoms with Crippen LogP contribution in [0.4, 0.5) is 0 Å². The highest BCUT2D eigenvalue weighted by Gasteiger charge is 2.24. The van der Waals surface area contributed by atoms with Crippen LogP contribution in [0.2, 0.25) is 0 Å². The third-order valence-corrected chi connectivity index (χ3v) is 4.85. The Morgan fingerprint density at radius 2 is 1.78 bits per heavy atom. The van der Waals surface area contributed by atoms with Gasteiger partial charge < -0.3 is 10.1 Å². The number of nitrogens with one attached hydrogen (secondary N) is 1. The zero-order valence-electron chi connectivity index (χ0n) is 12.3. The zero-order valence-corrected chi connectivity index (χ0v) is 12.3. The van der Waals surface area contributed by atoms with Gasteiger partial charge in [-0.3, -0.25) is 0 Å². The molecule has 1 N–H and O–H groups in total. The molecule has 2 nitrogen and oxygen atoms in total. The van der Waals surface area contributed by atoms with Gasteiger partial charge in [0.05, 0.1) is 12.7 Å². The van der Waals surface area contributed by atoms with E-state index in [4.69, 9.17) is 4.74 Å². The summed E-state index contributed by atoms with van der Waals surface area (Å²) >= 11 is 0. The molecule has 2 fully saturated rings. The maximum atomic E-state index is 5.97. The van der Waals surface area contributed by atoms with Gasteiger partial charge in [0.2, 0.25) is 0 Å². The molecule has 0 aromatic rings. The average Bonchev–Trinajstić information content (AvgIpc) is 2.38. The summed E-state index contributed by atoms with van der Waals surface area (Å²) in [5.74, 6) is 1.76. The molecular weight excluding hydrogens is 222 g/mol. The molecule has 2 aliphatic carbocycles. The lowest BCUT2D eigenvalue weighted by molar-refractivity contribution is 0.0278. The van der Waals surface area contributed by atoms with Crippen molar-refractivity contribution in [3.05, 3.63) is 0 Å². The van der Waals surface area contributed by atoms with Crippen molar-refractivity contribution in [2.75, 3.05) is 13.2 Å². The first-order chi connectivity index (χ1) is 8.75. The maximum Gasteiger partial charge on any atom is 0.0594 e. The van der Waals surface area contributed by atoms with E-state index in [0.717, 1.165) is 31.0 Å². The lowest BCUT2D eigenvalue weighted by Crippen LogP contribution is -2.40. The maximum absolute atomic E-state index is 5.97. The second-order valence-corrected chi connectivity index (χ2v) is 6.59. The van der Waals surface area contributed by atoms with Crippen LogP contribution in [0.1, 0.15) is 65.2 Å². The molecule has 2 rings (SSSR count). The van der Waals surface area contributed by atoms with Crippen molar-refractivity contribution in [3.63, 3.8) is 0 Å². The molecule has 3 unspecified atom stereocenters. The molecule has 0 bridgehead atoms. The van der Waals surface area contributed by atoms with Crippen molar-refractivity contribution in [3.8, 4) is 0 Å². The Balaban J connectivity index is 1.54. The second-order valence-electron chi connectivity index (χ2n) is 6.59. The molecule has 2 aliphatic rings. The third-order valence-electron chi connectivity index (χ3n) is 4.85. The van der Waals surface area contributed by atoms with Crippen molar-refractivity contribution in [2.24, 2.45) is 11.8 Å². The van der Waals surface area contributed by atoms with Crippen molar-refractivity contribution in [1.29, 1.82) is 0 Å². The minimum absolute atomic E-state index is 0.560. The smallest absolute Gasteiger partial charge is 0.0594 e. The van der Waals surface area contributed by atoms with Crippen LogP contribution < -0.4 is 5.32 Å². The fraction of sp³-hybridized carbons (Fsp3) is 1.00. The third kappa shape index (κ3) is 4.55. The van der Waals surface area contributed by atoms with E-state index in [2.05, 4.69) is 19.2 Å². The van der Waals surface area contributed by atoms with Crippen LogP contribution in [0.5, 0.6) is 0 Å². The summed E-state index contributed by atoms with van der Waals surface area (Å²) in [5, 5.41) is 3.71. The van der Waals surface area contributed by atoms with Crippen LogP contribution in [0.15, 0.2) is 0 Å². The van der Waals surface area contributed by atoms with Crippen LogP contribution in [0.3, 0.4) is 0 Å². The van der Waals surface area contributed by atoms with Gasteiger partial charge in [0.15, 0.2) is 0 Å². The van der Waals surface area contributed by atoms with Crippen molar-refractivity contribution in [1.82, 2.24) is 5.32 Å². The molecule has 0 aromatic heterocycles. The first-order valence-corrected chi connectivity index (χ1v) is 8.10. The van der Waals surface area contributed by atoms with Gasteiger partial charge in [-0.25, -0.2) is 0 Å². The molecule has 2 saturated carbocycles. The number of hydrogen-bond donors (Lipinski definition) is 1. The van der Waals surface area contributed by atoms with Gasteiger partial charge in [-0.15, -0.1) is 0 Å². The van der Waals surface area contributed by atoms with Gasteiger partial charge in [-0.05, 0) is 43.9 Å². The molecule has 0 radical (unpaired) electrons. The Morgan fingerprint density at radius 1 is 1.00 bits per heavy atom. The normalized spacial score (nSPS) is 34.7. The number of hydrogen-bond acceptors (Lipinski definition) is 2. The molecule has 0 heterocycles. The SMILES string of the molecule is CC1CCC(NCCOC2CCCCC2)C(C)C1. The Bertz CT molecular complexity index is 225. The Labute approximate surface area is 113 Å². The largest absolute Gasteiger partial charge is 0.377 e. The lowest BCUT2D eigenvalue weighted by atomic mass is 9.80. The van der Waals surface area contributed by atoms with E-state index < -0.39 is 0 Å². The van der Waals surface area contributed by atoms with Crippen LogP contribution in [0, 0.1) is 11.8 Å². The topological polar surface area (TPSA) is 21.3 Å². The van der Waals surface area contributed by atoms with E-state index in [9.17, 15) is 0 Å². The van der Waals surface area contributed by atoms with Crippen molar-refractivity contribution >= 4 is 0 Å². The van der Waals surface area contributed by atoms with Crippen LogP contribution in [-0.4, -0.2) is 25.3 Å². The molecule has 0 saturated heterocycles. The van der Waals surface area contributed by atoms with Crippen LogP contribution in [-0.2, 0) is 4.74 Å². The van der Waals surface area contributed by atoms with E-state index in [-0.39, 0.29) is 0 Å². The molecule has 0 aliphatic heterocycles. The van der Waals surface area contributed by atoms with Crippen LogP contribution >= 0.6 is 0 Å². The molecular formula is C16H31NO. The van der Waals surface area contributed by atoms with Gasteiger partial charge in [0.1, 0.15) is 0 Å². The molecule has 106 valence electrons.